The summed E-state index contributed by atoms with van der Waals surface area (Å²) in [5.41, 5.74) is 3.99. The number of unbranched alkanes of at least 4 members (excludes halogenated alkanes) is 1. The van der Waals surface area contributed by atoms with E-state index in [4.69, 9.17) is 9.84 Å². The number of hydrogen-bond acceptors (Lipinski definition) is 3. The van der Waals surface area contributed by atoms with Crippen molar-refractivity contribution in [1.82, 2.24) is 15.1 Å². The Morgan fingerprint density at radius 1 is 1.10 bits per heavy atom. The molecule has 0 saturated heterocycles. The number of rotatable bonds is 11. The quantitative estimate of drug-likeness (QED) is 0.634. The van der Waals surface area contributed by atoms with Gasteiger partial charge in [0.05, 0.1) is 18.8 Å². The second-order valence-corrected chi connectivity index (χ2v) is 5.05. The van der Waals surface area contributed by atoms with Gasteiger partial charge in [-0.2, -0.15) is 5.10 Å². The van der Waals surface area contributed by atoms with Crippen LogP contribution in [0.5, 0.6) is 0 Å². The zero-order chi connectivity index (χ0) is 14.8. The van der Waals surface area contributed by atoms with E-state index < -0.39 is 0 Å². The van der Waals surface area contributed by atoms with Crippen LogP contribution in [-0.2, 0) is 30.7 Å². The summed E-state index contributed by atoms with van der Waals surface area (Å²) < 4.78 is 7.82. The Bertz CT molecular complexity index is 374. The van der Waals surface area contributed by atoms with Gasteiger partial charge in [-0.3, -0.25) is 4.68 Å². The summed E-state index contributed by atoms with van der Waals surface area (Å²) in [6.45, 7) is 13.1. The van der Waals surface area contributed by atoms with Gasteiger partial charge in [-0.05, 0) is 25.8 Å². The maximum Gasteiger partial charge on any atom is 0.0669 e. The molecule has 1 N–H and O–H groups in total. The molecular formula is C16H31N3O. The summed E-state index contributed by atoms with van der Waals surface area (Å²) in [6.07, 6.45) is 4.36. The molecule has 0 unspecified atom stereocenters. The first-order chi connectivity index (χ1) is 9.78. The number of nitrogens with one attached hydrogen (secondary N) is 1. The molecule has 0 aliphatic heterocycles. The molecule has 0 amide bonds. The summed E-state index contributed by atoms with van der Waals surface area (Å²) in [6, 6.07) is 0. The standard InChI is InChI=1S/C16H31N3O/c1-5-9-11-20-12-10-19-16(7-3)14(13-17-8-4)15(6-2)18-19/h17H,5-13H2,1-4H3. The van der Waals surface area contributed by atoms with Crippen LogP contribution in [0.3, 0.4) is 0 Å². The Hall–Kier alpha value is -0.870. The van der Waals surface area contributed by atoms with Crippen LogP contribution < -0.4 is 5.32 Å². The molecule has 1 rings (SSSR count). The average Bonchev–Trinajstić information content (AvgIpc) is 2.81. The number of hydrogen-bond donors (Lipinski definition) is 1. The van der Waals surface area contributed by atoms with Gasteiger partial charge in [-0.1, -0.05) is 34.1 Å². The lowest BCUT2D eigenvalue weighted by Crippen LogP contribution is -2.15. The fourth-order valence-electron chi connectivity index (χ4n) is 2.41. The fourth-order valence-corrected chi connectivity index (χ4v) is 2.41. The predicted molar refractivity (Wildman–Crippen MR) is 84.1 cm³/mol. The van der Waals surface area contributed by atoms with E-state index in [1.54, 1.807) is 0 Å². The summed E-state index contributed by atoms with van der Waals surface area (Å²) >= 11 is 0. The highest BCUT2D eigenvalue weighted by atomic mass is 16.5. The number of nitrogens with zero attached hydrogens (tertiary/aromatic N) is 2. The molecule has 116 valence electrons. The summed E-state index contributed by atoms with van der Waals surface area (Å²) in [5.74, 6) is 0. The lowest BCUT2D eigenvalue weighted by molar-refractivity contribution is 0.120. The second-order valence-electron chi connectivity index (χ2n) is 5.05. The molecule has 0 atom stereocenters. The Morgan fingerprint density at radius 3 is 2.50 bits per heavy atom. The molecule has 0 aromatic carbocycles. The Morgan fingerprint density at radius 2 is 1.90 bits per heavy atom. The van der Waals surface area contributed by atoms with Crippen LogP contribution in [0.1, 0.15) is 57.5 Å². The first kappa shape index (κ1) is 17.2. The van der Waals surface area contributed by atoms with Crippen molar-refractivity contribution in [3.05, 3.63) is 17.0 Å². The van der Waals surface area contributed by atoms with Gasteiger partial charge in [0, 0.05) is 24.4 Å². The molecule has 1 aromatic heterocycles. The molecule has 0 fully saturated rings. The molecule has 0 saturated carbocycles. The zero-order valence-electron chi connectivity index (χ0n) is 13.7. The van der Waals surface area contributed by atoms with Gasteiger partial charge >= 0.3 is 0 Å². The van der Waals surface area contributed by atoms with Gasteiger partial charge in [0.15, 0.2) is 0 Å². The van der Waals surface area contributed by atoms with Crippen molar-refractivity contribution in [3.8, 4) is 0 Å². The van der Waals surface area contributed by atoms with Crippen LogP contribution >= 0.6 is 0 Å². The number of aryl methyl sites for hydroxylation is 1. The molecular weight excluding hydrogens is 250 g/mol. The predicted octanol–water partition coefficient (Wildman–Crippen LogP) is 2.93. The SMILES string of the molecule is CCCCOCCn1nc(CC)c(CNCC)c1CC. The van der Waals surface area contributed by atoms with E-state index in [2.05, 4.69) is 37.7 Å². The minimum absolute atomic E-state index is 0.762. The minimum Gasteiger partial charge on any atom is -0.380 e. The van der Waals surface area contributed by atoms with E-state index >= 15 is 0 Å². The van der Waals surface area contributed by atoms with Gasteiger partial charge < -0.3 is 10.1 Å². The molecule has 0 spiro atoms. The fraction of sp³-hybridized carbons (Fsp3) is 0.812. The van der Waals surface area contributed by atoms with Crippen molar-refractivity contribution in [2.45, 2.75) is 66.5 Å². The van der Waals surface area contributed by atoms with Crippen LogP contribution in [0, 0.1) is 0 Å². The van der Waals surface area contributed by atoms with E-state index in [1.807, 2.05) is 0 Å². The number of aromatic nitrogens is 2. The third-order valence-electron chi connectivity index (χ3n) is 3.56. The second kappa shape index (κ2) is 9.94. The largest absolute Gasteiger partial charge is 0.380 e. The van der Waals surface area contributed by atoms with Crippen LogP contribution in [0.15, 0.2) is 0 Å². The van der Waals surface area contributed by atoms with Crippen molar-refractivity contribution in [1.29, 1.82) is 0 Å². The van der Waals surface area contributed by atoms with Gasteiger partial charge in [0.2, 0.25) is 0 Å². The van der Waals surface area contributed by atoms with Crippen LogP contribution in [-0.4, -0.2) is 29.5 Å². The smallest absolute Gasteiger partial charge is 0.0669 e. The summed E-state index contributed by atoms with van der Waals surface area (Å²) in [5, 5.41) is 8.19. The normalized spacial score (nSPS) is 11.2. The molecule has 4 nitrogen and oxygen atoms in total. The highest BCUT2D eigenvalue weighted by Gasteiger charge is 2.14. The zero-order valence-corrected chi connectivity index (χ0v) is 13.7. The maximum absolute atomic E-state index is 5.66. The van der Waals surface area contributed by atoms with Gasteiger partial charge in [0.1, 0.15) is 0 Å². The summed E-state index contributed by atoms with van der Waals surface area (Å²) in [7, 11) is 0. The average molecular weight is 281 g/mol. The van der Waals surface area contributed by atoms with E-state index in [9.17, 15) is 0 Å². The van der Waals surface area contributed by atoms with E-state index in [0.717, 1.165) is 52.1 Å². The molecule has 4 heteroatoms. The Labute approximate surface area is 123 Å². The van der Waals surface area contributed by atoms with Crippen molar-refractivity contribution >= 4 is 0 Å². The van der Waals surface area contributed by atoms with Crippen molar-refractivity contribution in [2.75, 3.05) is 19.8 Å². The van der Waals surface area contributed by atoms with Gasteiger partial charge in [-0.15, -0.1) is 0 Å². The Kier molecular flexibility index (Phi) is 8.54. The van der Waals surface area contributed by atoms with Crippen molar-refractivity contribution in [3.63, 3.8) is 0 Å². The molecule has 1 aromatic rings. The molecule has 0 aliphatic rings. The van der Waals surface area contributed by atoms with Crippen LogP contribution in [0.4, 0.5) is 0 Å². The van der Waals surface area contributed by atoms with Crippen molar-refractivity contribution < 1.29 is 4.74 Å². The van der Waals surface area contributed by atoms with Crippen LogP contribution in [0.2, 0.25) is 0 Å². The summed E-state index contributed by atoms with van der Waals surface area (Å²) in [4.78, 5) is 0. The highest BCUT2D eigenvalue weighted by Crippen LogP contribution is 2.16. The Balaban J connectivity index is 2.66. The lowest BCUT2D eigenvalue weighted by atomic mass is 10.1. The minimum atomic E-state index is 0.762. The lowest BCUT2D eigenvalue weighted by Gasteiger charge is -2.09. The third-order valence-corrected chi connectivity index (χ3v) is 3.56. The first-order valence-corrected chi connectivity index (χ1v) is 8.14. The third kappa shape index (κ3) is 4.91. The molecule has 0 aliphatic carbocycles. The van der Waals surface area contributed by atoms with E-state index in [1.165, 1.54) is 23.4 Å². The monoisotopic (exact) mass is 281 g/mol. The van der Waals surface area contributed by atoms with Gasteiger partial charge in [-0.25, -0.2) is 0 Å². The topological polar surface area (TPSA) is 39.1 Å². The van der Waals surface area contributed by atoms with Crippen LogP contribution in [0.25, 0.3) is 0 Å². The van der Waals surface area contributed by atoms with E-state index in [0.29, 0.717) is 0 Å². The number of ether oxygens (including phenoxy) is 1. The molecule has 0 bridgehead atoms. The molecule has 1 heterocycles. The van der Waals surface area contributed by atoms with E-state index in [-0.39, 0.29) is 0 Å². The molecule has 0 radical (unpaired) electrons. The van der Waals surface area contributed by atoms with Crippen molar-refractivity contribution in [2.24, 2.45) is 0 Å². The highest BCUT2D eigenvalue weighted by molar-refractivity contribution is 5.26. The first-order valence-electron chi connectivity index (χ1n) is 8.14. The van der Waals surface area contributed by atoms with Gasteiger partial charge in [0.25, 0.3) is 0 Å². The maximum atomic E-state index is 5.66. The molecule has 20 heavy (non-hydrogen) atoms.